The van der Waals surface area contributed by atoms with Crippen LogP contribution in [0.15, 0.2) is 5.38 Å². The van der Waals surface area contributed by atoms with Gasteiger partial charge in [-0.05, 0) is 26.7 Å². The van der Waals surface area contributed by atoms with E-state index in [9.17, 15) is 0 Å². The molecule has 2 nitrogen and oxygen atoms in total. The zero-order valence-corrected chi connectivity index (χ0v) is 11.5. The van der Waals surface area contributed by atoms with E-state index < -0.39 is 0 Å². The monoisotopic (exact) mass is 248 g/mol. The lowest BCUT2D eigenvalue weighted by atomic mass is 9.87. The van der Waals surface area contributed by atoms with Crippen molar-refractivity contribution in [1.29, 1.82) is 5.26 Å². The summed E-state index contributed by atoms with van der Waals surface area (Å²) < 4.78 is 0. The smallest absolute Gasteiger partial charge is 0.0944 e. The summed E-state index contributed by atoms with van der Waals surface area (Å²) in [6.45, 7) is 3.96. The topological polar surface area (TPSA) is 36.7 Å². The Kier molecular flexibility index (Phi) is 3.83. The van der Waals surface area contributed by atoms with Crippen molar-refractivity contribution in [3.05, 3.63) is 16.1 Å². The number of nitriles is 1. The van der Waals surface area contributed by atoms with Gasteiger partial charge in [-0.15, -0.1) is 11.3 Å². The fourth-order valence-electron chi connectivity index (χ4n) is 2.41. The van der Waals surface area contributed by atoms with Crippen LogP contribution in [0.4, 0.5) is 0 Å². The molecular formula is C14H20N2S. The van der Waals surface area contributed by atoms with Gasteiger partial charge in [0.2, 0.25) is 0 Å². The third kappa shape index (κ3) is 3.29. The van der Waals surface area contributed by atoms with Crippen LogP contribution in [0.2, 0.25) is 0 Å². The van der Waals surface area contributed by atoms with Crippen molar-refractivity contribution in [3.8, 4) is 6.07 Å². The predicted molar refractivity (Wildman–Crippen MR) is 71.0 cm³/mol. The summed E-state index contributed by atoms with van der Waals surface area (Å²) in [6.07, 6.45) is 7.45. The second kappa shape index (κ2) is 5.18. The van der Waals surface area contributed by atoms with Crippen molar-refractivity contribution in [2.45, 2.75) is 58.3 Å². The van der Waals surface area contributed by atoms with E-state index in [-0.39, 0.29) is 5.41 Å². The lowest BCUT2D eigenvalue weighted by Gasteiger charge is -2.19. The van der Waals surface area contributed by atoms with Crippen LogP contribution in [0.5, 0.6) is 0 Å². The maximum Gasteiger partial charge on any atom is 0.0944 e. The Bertz CT molecular complexity index is 408. The van der Waals surface area contributed by atoms with Gasteiger partial charge in [0.1, 0.15) is 0 Å². The molecular weight excluding hydrogens is 228 g/mol. The maximum absolute atomic E-state index is 9.04. The Labute approximate surface area is 108 Å². The standard InChI is InChI=1S/C14H20N2S/c1-14(2,10-15)8-13-16-12(9-17-13)11-6-4-3-5-7-11/h9,11H,3-8H2,1-2H3. The summed E-state index contributed by atoms with van der Waals surface area (Å²) in [5.41, 5.74) is 0.986. The molecule has 0 saturated heterocycles. The molecule has 1 heterocycles. The molecule has 1 saturated carbocycles. The molecule has 0 amide bonds. The van der Waals surface area contributed by atoms with Crippen molar-refractivity contribution in [1.82, 2.24) is 4.98 Å². The van der Waals surface area contributed by atoms with Gasteiger partial charge < -0.3 is 0 Å². The average Bonchev–Trinajstić information content (AvgIpc) is 2.78. The van der Waals surface area contributed by atoms with Crippen LogP contribution in [0.3, 0.4) is 0 Å². The van der Waals surface area contributed by atoms with E-state index >= 15 is 0 Å². The van der Waals surface area contributed by atoms with Crippen LogP contribution in [0, 0.1) is 16.7 Å². The van der Waals surface area contributed by atoms with Gasteiger partial charge in [-0.3, -0.25) is 0 Å². The molecule has 92 valence electrons. The summed E-state index contributed by atoms with van der Waals surface area (Å²) in [4.78, 5) is 4.73. The van der Waals surface area contributed by atoms with E-state index in [1.54, 1.807) is 11.3 Å². The van der Waals surface area contributed by atoms with Gasteiger partial charge in [-0.25, -0.2) is 4.98 Å². The molecule has 1 fully saturated rings. The Morgan fingerprint density at radius 1 is 1.41 bits per heavy atom. The highest BCUT2D eigenvalue weighted by Gasteiger charge is 2.22. The number of hydrogen-bond acceptors (Lipinski definition) is 3. The van der Waals surface area contributed by atoms with Gasteiger partial charge in [-0.1, -0.05) is 19.3 Å². The van der Waals surface area contributed by atoms with Gasteiger partial charge in [0.05, 0.1) is 22.2 Å². The van der Waals surface area contributed by atoms with E-state index in [4.69, 9.17) is 10.2 Å². The lowest BCUT2D eigenvalue weighted by Crippen LogP contribution is -2.12. The molecule has 2 rings (SSSR count). The number of rotatable bonds is 3. The Morgan fingerprint density at radius 3 is 2.76 bits per heavy atom. The van der Waals surface area contributed by atoms with E-state index in [2.05, 4.69) is 11.4 Å². The minimum Gasteiger partial charge on any atom is -0.246 e. The van der Waals surface area contributed by atoms with Crippen molar-refractivity contribution >= 4 is 11.3 Å². The van der Waals surface area contributed by atoms with E-state index in [1.807, 2.05) is 13.8 Å². The highest BCUT2D eigenvalue weighted by atomic mass is 32.1. The number of aromatic nitrogens is 1. The second-order valence-electron chi connectivity index (χ2n) is 5.67. The fourth-order valence-corrected chi connectivity index (χ4v) is 3.51. The highest BCUT2D eigenvalue weighted by molar-refractivity contribution is 7.09. The van der Waals surface area contributed by atoms with Crippen LogP contribution < -0.4 is 0 Å². The molecule has 3 heteroatoms. The molecule has 0 aliphatic heterocycles. The quantitative estimate of drug-likeness (QED) is 0.800. The first-order chi connectivity index (χ1) is 8.11. The third-order valence-electron chi connectivity index (χ3n) is 3.49. The van der Waals surface area contributed by atoms with Gasteiger partial charge in [0.15, 0.2) is 0 Å². The molecule has 1 aliphatic rings. The van der Waals surface area contributed by atoms with Crippen LogP contribution in [0.25, 0.3) is 0 Å². The normalized spacial score (nSPS) is 17.9. The number of nitrogens with zero attached hydrogens (tertiary/aromatic N) is 2. The number of hydrogen-bond donors (Lipinski definition) is 0. The highest BCUT2D eigenvalue weighted by Crippen LogP contribution is 2.34. The Morgan fingerprint density at radius 2 is 2.12 bits per heavy atom. The molecule has 0 bridgehead atoms. The van der Waals surface area contributed by atoms with E-state index in [0.29, 0.717) is 5.92 Å². The summed E-state index contributed by atoms with van der Waals surface area (Å²) in [5.74, 6) is 0.680. The van der Waals surface area contributed by atoms with E-state index in [1.165, 1.54) is 37.8 Å². The van der Waals surface area contributed by atoms with Gasteiger partial charge >= 0.3 is 0 Å². The average molecular weight is 248 g/mol. The largest absolute Gasteiger partial charge is 0.246 e. The fraction of sp³-hybridized carbons (Fsp3) is 0.714. The number of thiazole rings is 1. The second-order valence-corrected chi connectivity index (χ2v) is 6.62. The molecule has 0 spiro atoms. The van der Waals surface area contributed by atoms with Gasteiger partial charge in [0, 0.05) is 17.7 Å². The first kappa shape index (κ1) is 12.6. The Hall–Kier alpha value is -0.880. The lowest BCUT2D eigenvalue weighted by molar-refractivity contribution is 0.435. The van der Waals surface area contributed by atoms with Crippen molar-refractivity contribution in [3.63, 3.8) is 0 Å². The molecule has 0 unspecified atom stereocenters. The molecule has 17 heavy (non-hydrogen) atoms. The van der Waals surface area contributed by atoms with Crippen molar-refractivity contribution in [2.75, 3.05) is 0 Å². The van der Waals surface area contributed by atoms with E-state index in [0.717, 1.165) is 11.4 Å². The summed E-state index contributed by atoms with van der Waals surface area (Å²) in [7, 11) is 0. The molecule has 1 aliphatic carbocycles. The SMILES string of the molecule is CC(C)(C#N)Cc1nc(C2CCCCC2)cs1. The predicted octanol–water partition coefficient (Wildman–Crippen LogP) is 4.28. The zero-order valence-electron chi connectivity index (χ0n) is 10.7. The molecule has 1 aromatic heterocycles. The minimum absolute atomic E-state index is 0.290. The van der Waals surface area contributed by atoms with Crippen LogP contribution >= 0.6 is 11.3 Å². The minimum atomic E-state index is -0.290. The first-order valence-corrected chi connectivity index (χ1v) is 7.34. The summed E-state index contributed by atoms with van der Waals surface area (Å²) in [5, 5.41) is 12.4. The molecule has 1 aromatic rings. The van der Waals surface area contributed by atoms with Crippen molar-refractivity contribution in [2.24, 2.45) is 5.41 Å². The summed E-state index contributed by atoms with van der Waals surface area (Å²) >= 11 is 1.72. The summed E-state index contributed by atoms with van der Waals surface area (Å²) in [6, 6.07) is 2.35. The van der Waals surface area contributed by atoms with Crippen LogP contribution in [-0.2, 0) is 6.42 Å². The van der Waals surface area contributed by atoms with Crippen LogP contribution in [0.1, 0.15) is 62.6 Å². The van der Waals surface area contributed by atoms with Crippen LogP contribution in [-0.4, -0.2) is 4.98 Å². The first-order valence-electron chi connectivity index (χ1n) is 6.46. The third-order valence-corrected chi connectivity index (χ3v) is 4.36. The zero-order chi connectivity index (χ0) is 12.3. The molecule has 0 atom stereocenters. The molecule has 0 radical (unpaired) electrons. The van der Waals surface area contributed by atoms with Crippen molar-refractivity contribution < 1.29 is 0 Å². The maximum atomic E-state index is 9.04. The molecule has 0 aromatic carbocycles. The van der Waals surface area contributed by atoms with Gasteiger partial charge in [-0.2, -0.15) is 5.26 Å². The Balaban J connectivity index is 2.03. The molecule has 0 N–H and O–H groups in total. The van der Waals surface area contributed by atoms with Gasteiger partial charge in [0.25, 0.3) is 0 Å².